The molecule has 1 aromatic carbocycles. The highest BCUT2D eigenvalue weighted by Crippen LogP contribution is 2.27. The second kappa shape index (κ2) is 6.77. The lowest BCUT2D eigenvalue weighted by atomic mass is 10.1. The first kappa shape index (κ1) is 17.9. The molecule has 1 aromatic heterocycles. The fourth-order valence-electron chi connectivity index (χ4n) is 3.11. The fourth-order valence-corrected chi connectivity index (χ4v) is 4.93. The van der Waals surface area contributed by atoms with Gasteiger partial charge in [0.25, 0.3) is 0 Å². The lowest BCUT2D eigenvalue weighted by molar-refractivity contribution is 0.104. The summed E-state index contributed by atoms with van der Waals surface area (Å²) >= 11 is 5.83. The van der Waals surface area contributed by atoms with Crippen LogP contribution < -0.4 is 0 Å². The summed E-state index contributed by atoms with van der Waals surface area (Å²) < 4.78 is 25.2. The minimum absolute atomic E-state index is 0.119. The Bertz CT molecular complexity index is 943. The maximum atomic E-state index is 12.3. The average molecular weight is 379 g/mol. The largest absolute Gasteiger partial charge is 0.289 e. The molecule has 0 spiro atoms. The summed E-state index contributed by atoms with van der Waals surface area (Å²) in [5, 5.41) is 5.08. The van der Waals surface area contributed by atoms with Crippen molar-refractivity contribution < 1.29 is 13.2 Å². The van der Waals surface area contributed by atoms with Crippen molar-refractivity contribution in [3.8, 4) is 0 Å². The van der Waals surface area contributed by atoms with Gasteiger partial charge < -0.3 is 0 Å². The highest BCUT2D eigenvalue weighted by atomic mass is 35.5. The number of carbonyl (C=O) groups is 1. The van der Waals surface area contributed by atoms with Crippen molar-refractivity contribution >= 4 is 33.3 Å². The monoisotopic (exact) mass is 378 g/mol. The third kappa shape index (κ3) is 3.85. The first-order valence-corrected chi connectivity index (χ1v) is 10.2. The molecule has 0 saturated carbocycles. The van der Waals surface area contributed by atoms with E-state index in [9.17, 15) is 13.2 Å². The second-order valence-electron chi connectivity index (χ2n) is 6.29. The van der Waals surface area contributed by atoms with Crippen molar-refractivity contribution in [3.05, 3.63) is 57.9 Å². The number of halogens is 1. The van der Waals surface area contributed by atoms with Gasteiger partial charge in [-0.1, -0.05) is 11.6 Å². The molecule has 1 aliphatic heterocycles. The smallest absolute Gasteiger partial charge is 0.185 e. The number of aryl methyl sites for hydroxylation is 1. The number of carbonyl (C=O) groups excluding carboxylic acids is 1. The van der Waals surface area contributed by atoms with Gasteiger partial charge in [-0.3, -0.25) is 9.48 Å². The van der Waals surface area contributed by atoms with Gasteiger partial charge in [-0.2, -0.15) is 5.10 Å². The molecule has 132 valence electrons. The molecule has 5 nitrogen and oxygen atoms in total. The van der Waals surface area contributed by atoms with E-state index in [0.29, 0.717) is 17.0 Å². The Kier molecular flexibility index (Phi) is 4.84. The first-order chi connectivity index (χ1) is 11.8. The van der Waals surface area contributed by atoms with Gasteiger partial charge in [0.15, 0.2) is 15.6 Å². The molecule has 1 aliphatic rings. The van der Waals surface area contributed by atoms with Crippen molar-refractivity contribution in [2.24, 2.45) is 0 Å². The van der Waals surface area contributed by atoms with E-state index in [1.165, 1.54) is 6.08 Å². The number of rotatable bonds is 4. The number of hydrogen-bond donors (Lipinski definition) is 0. The summed E-state index contributed by atoms with van der Waals surface area (Å²) in [7, 11) is -2.97. The van der Waals surface area contributed by atoms with Crippen LogP contribution in [0, 0.1) is 13.8 Å². The minimum Gasteiger partial charge on any atom is -0.289 e. The van der Waals surface area contributed by atoms with E-state index in [-0.39, 0.29) is 23.3 Å². The number of sulfone groups is 1. The lowest BCUT2D eigenvalue weighted by Crippen LogP contribution is -2.13. The molecular weight excluding hydrogens is 360 g/mol. The van der Waals surface area contributed by atoms with Crippen LogP contribution in [0.1, 0.15) is 39.8 Å². The summed E-state index contributed by atoms with van der Waals surface area (Å²) in [6.07, 6.45) is 3.84. The van der Waals surface area contributed by atoms with Crippen LogP contribution in [-0.4, -0.2) is 35.5 Å². The van der Waals surface area contributed by atoms with Crippen LogP contribution >= 0.6 is 11.6 Å². The van der Waals surface area contributed by atoms with Crippen LogP contribution in [0.3, 0.4) is 0 Å². The summed E-state index contributed by atoms with van der Waals surface area (Å²) in [6, 6.07) is 6.59. The number of nitrogens with zero attached hydrogens (tertiary/aromatic N) is 2. The van der Waals surface area contributed by atoms with Crippen molar-refractivity contribution in [2.45, 2.75) is 26.3 Å². The normalized spacial score (nSPS) is 19.6. The van der Waals surface area contributed by atoms with Crippen molar-refractivity contribution in [3.63, 3.8) is 0 Å². The summed E-state index contributed by atoms with van der Waals surface area (Å²) in [6.45, 7) is 3.76. The van der Waals surface area contributed by atoms with Crippen LogP contribution in [0.2, 0.25) is 5.02 Å². The summed E-state index contributed by atoms with van der Waals surface area (Å²) in [5.41, 5.74) is 3.07. The molecular formula is C18H19ClN2O3S. The van der Waals surface area contributed by atoms with E-state index >= 15 is 0 Å². The van der Waals surface area contributed by atoms with Gasteiger partial charge >= 0.3 is 0 Å². The van der Waals surface area contributed by atoms with E-state index in [0.717, 1.165) is 17.0 Å². The molecule has 25 heavy (non-hydrogen) atoms. The molecule has 0 aliphatic carbocycles. The zero-order chi connectivity index (χ0) is 18.2. The number of benzene rings is 1. The minimum atomic E-state index is -2.97. The Hall–Kier alpha value is -1.92. The van der Waals surface area contributed by atoms with Crippen molar-refractivity contribution in [1.29, 1.82) is 0 Å². The van der Waals surface area contributed by atoms with Crippen LogP contribution in [0.4, 0.5) is 0 Å². The predicted octanol–water partition coefficient (Wildman–Crippen LogP) is 3.41. The van der Waals surface area contributed by atoms with Gasteiger partial charge in [-0.25, -0.2) is 8.42 Å². The van der Waals surface area contributed by atoms with E-state index < -0.39 is 9.84 Å². The van der Waals surface area contributed by atoms with Gasteiger partial charge in [0.2, 0.25) is 0 Å². The number of ketones is 1. The van der Waals surface area contributed by atoms with Crippen molar-refractivity contribution in [1.82, 2.24) is 9.78 Å². The summed E-state index contributed by atoms with van der Waals surface area (Å²) in [5.74, 6) is 0.213. The first-order valence-electron chi connectivity index (χ1n) is 8.01. The zero-order valence-corrected chi connectivity index (χ0v) is 15.6. The molecule has 0 radical (unpaired) electrons. The Labute approximate surface area is 152 Å². The maximum absolute atomic E-state index is 12.3. The molecule has 2 aromatic rings. The second-order valence-corrected chi connectivity index (χ2v) is 8.96. The Morgan fingerprint density at radius 1 is 1.28 bits per heavy atom. The SMILES string of the molecule is Cc1nn([C@@H]2CCS(=O)(=O)C2)c(C)c1/C=C/C(=O)c1ccc(Cl)cc1. The van der Waals surface area contributed by atoms with Crippen LogP contribution in [-0.2, 0) is 9.84 Å². The van der Waals surface area contributed by atoms with Crippen LogP contribution in [0.15, 0.2) is 30.3 Å². The molecule has 7 heteroatoms. The van der Waals surface area contributed by atoms with E-state index in [2.05, 4.69) is 5.10 Å². The molecule has 3 rings (SSSR count). The number of allylic oxidation sites excluding steroid dienone is 1. The molecule has 1 saturated heterocycles. The molecule has 0 N–H and O–H groups in total. The fraction of sp³-hybridized carbons (Fsp3) is 0.333. The maximum Gasteiger partial charge on any atom is 0.185 e. The zero-order valence-electron chi connectivity index (χ0n) is 14.1. The Morgan fingerprint density at radius 3 is 2.56 bits per heavy atom. The number of aromatic nitrogens is 2. The summed E-state index contributed by atoms with van der Waals surface area (Å²) in [4.78, 5) is 12.3. The molecule has 0 unspecified atom stereocenters. The van der Waals surface area contributed by atoms with Crippen molar-refractivity contribution in [2.75, 3.05) is 11.5 Å². The molecule has 2 heterocycles. The standard InChI is InChI=1S/C18H19ClN2O3S/c1-12-17(7-8-18(22)14-3-5-15(19)6-4-14)13(2)21(20-12)16-9-10-25(23,24)11-16/h3-8,16H,9-11H2,1-2H3/b8-7+/t16-/m1/s1. The topological polar surface area (TPSA) is 69.0 Å². The van der Waals surface area contributed by atoms with Gasteiger partial charge in [0.1, 0.15) is 0 Å². The van der Waals surface area contributed by atoms with E-state index in [4.69, 9.17) is 11.6 Å². The van der Waals surface area contributed by atoms with Crippen LogP contribution in [0.25, 0.3) is 6.08 Å². The Morgan fingerprint density at radius 2 is 1.96 bits per heavy atom. The molecule has 0 amide bonds. The van der Waals surface area contributed by atoms with Gasteiger partial charge in [0.05, 0.1) is 23.2 Å². The molecule has 1 fully saturated rings. The van der Waals surface area contributed by atoms with E-state index in [1.54, 1.807) is 35.0 Å². The quantitative estimate of drug-likeness (QED) is 0.604. The molecule has 0 bridgehead atoms. The molecule has 1 atom stereocenters. The van der Waals surface area contributed by atoms with E-state index in [1.807, 2.05) is 13.8 Å². The highest BCUT2D eigenvalue weighted by Gasteiger charge is 2.31. The number of hydrogen-bond acceptors (Lipinski definition) is 4. The lowest BCUT2D eigenvalue weighted by Gasteiger charge is -2.10. The highest BCUT2D eigenvalue weighted by molar-refractivity contribution is 7.91. The predicted molar refractivity (Wildman–Crippen MR) is 98.8 cm³/mol. The average Bonchev–Trinajstić information content (AvgIpc) is 3.05. The van der Waals surface area contributed by atoms with Gasteiger partial charge in [-0.15, -0.1) is 0 Å². The third-order valence-electron chi connectivity index (χ3n) is 4.47. The van der Waals surface area contributed by atoms with Gasteiger partial charge in [-0.05, 0) is 56.7 Å². The third-order valence-corrected chi connectivity index (χ3v) is 6.47. The van der Waals surface area contributed by atoms with Gasteiger partial charge in [0, 0.05) is 21.8 Å². The van der Waals surface area contributed by atoms with Crippen LogP contribution in [0.5, 0.6) is 0 Å². The Balaban J connectivity index is 1.83.